The lowest BCUT2D eigenvalue weighted by molar-refractivity contribution is -0.143. The van der Waals surface area contributed by atoms with Gasteiger partial charge in [-0.2, -0.15) is 0 Å². The van der Waals surface area contributed by atoms with E-state index < -0.39 is 29.5 Å². The van der Waals surface area contributed by atoms with Crippen LogP contribution in [0, 0.1) is 5.82 Å². The van der Waals surface area contributed by atoms with Crippen molar-refractivity contribution in [3.63, 3.8) is 0 Å². The Morgan fingerprint density at radius 1 is 1.17 bits per heavy atom. The summed E-state index contributed by atoms with van der Waals surface area (Å²) in [5.74, 6) is -1.38. The molecule has 1 N–H and O–H groups in total. The third-order valence-corrected chi connectivity index (χ3v) is 3.00. The highest BCUT2D eigenvalue weighted by Crippen LogP contribution is 2.11. The van der Waals surface area contributed by atoms with E-state index in [2.05, 4.69) is 10.1 Å². The van der Waals surface area contributed by atoms with Gasteiger partial charge in [0.25, 0.3) is 0 Å². The lowest BCUT2D eigenvalue weighted by atomic mass is 10.0. The number of esters is 1. The van der Waals surface area contributed by atoms with Crippen molar-refractivity contribution in [2.45, 2.75) is 45.3 Å². The van der Waals surface area contributed by atoms with Gasteiger partial charge in [-0.1, -0.05) is 0 Å². The molecule has 132 valence electrons. The SMILES string of the molecule is COC(=O)C(CCC(=O)c1ccc(F)cc1)NC(=O)OC(C)(C)C. The van der Waals surface area contributed by atoms with Crippen molar-refractivity contribution in [1.29, 1.82) is 0 Å². The first-order chi connectivity index (χ1) is 11.1. The van der Waals surface area contributed by atoms with E-state index in [0.717, 1.165) is 0 Å². The minimum atomic E-state index is -1.01. The molecular formula is C17H22FNO5. The van der Waals surface area contributed by atoms with E-state index in [0.29, 0.717) is 5.56 Å². The van der Waals surface area contributed by atoms with Crippen molar-refractivity contribution in [3.8, 4) is 0 Å². The molecule has 1 aromatic carbocycles. The summed E-state index contributed by atoms with van der Waals surface area (Å²) in [6, 6.07) is 4.10. The van der Waals surface area contributed by atoms with Crippen LogP contribution in [-0.4, -0.2) is 36.6 Å². The molecule has 0 fully saturated rings. The van der Waals surface area contributed by atoms with Crippen molar-refractivity contribution in [2.24, 2.45) is 0 Å². The molecule has 7 heteroatoms. The molecule has 24 heavy (non-hydrogen) atoms. The molecule has 0 saturated carbocycles. The number of halogens is 1. The number of methoxy groups -OCH3 is 1. The zero-order valence-electron chi connectivity index (χ0n) is 14.2. The summed E-state index contributed by atoms with van der Waals surface area (Å²) < 4.78 is 22.6. The normalized spacial score (nSPS) is 12.2. The van der Waals surface area contributed by atoms with Crippen molar-refractivity contribution < 1.29 is 28.2 Å². The van der Waals surface area contributed by atoms with Crippen LogP contribution in [0.25, 0.3) is 0 Å². The third kappa shape index (κ3) is 6.76. The Morgan fingerprint density at radius 2 is 1.75 bits per heavy atom. The molecular weight excluding hydrogens is 317 g/mol. The average Bonchev–Trinajstić information content (AvgIpc) is 2.49. The average molecular weight is 339 g/mol. The van der Waals surface area contributed by atoms with E-state index in [1.807, 2.05) is 0 Å². The van der Waals surface area contributed by atoms with Gasteiger partial charge in [-0.15, -0.1) is 0 Å². The number of alkyl carbamates (subject to hydrolysis) is 1. The molecule has 0 saturated heterocycles. The van der Waals surface area contributed by atoms with Crippen LogP contribution in [0.3, 0.4) is 0 Å². The predicted octanol–water partition coefficient (Wildman–Crippen LogP) is 2.85. The molecule has 1 amide bonds. The standard InChI is InChI=1S/C17H22FNO5/c1-17(2,3)24-16(22)19-13(15(21)23-4)9-10-14(20)11-5-7-12(18)8-6-11/h5-8,13H,9-10H2,1-4H3,(H,19,22). The smallest absolute Gasteiger partial charge is 0.408 e. The van der Waals surface area contributed by atoms with Crippen LogP contribution in [0.2, 0.25) is 0 Å². The minimum Gasteiger partial charge on any atom is -0.467 e. The number of ketones is 1. The van der Waals surface area contributed by atoms with Crippen molar-refractivity contribution >= 4 is 17.8 Å². The van der Waals surface area contributed by atoms with Gasteiger partial charge in [-0.25, -0.2) is 14.0 Å². The number of amides is 1. The topological polar surface area (TPSA) is 81.7 Å². The fraction of sp³-hybridized carbons (Fsp3) is 0.471. The molecule has 0 spiro atoms. The number of ether oxygens (including phenoxy) is 2. The van der Waals surface area contributed by atoms with Crippen LogP contribution in [0.1, 0.15) is 44.0 Å². The number of hydrogen-bond donors (Lipinski definition) is 1. The van der Waals surface area contributed by atoms with Crippen molar-refractivity contribution in [2.75, 3.05) is 7.11 Å². The first-order valence-electron chi connectivity index (χ1n) is 7.48. The summed E-state index contributed by atoms with van der Waals surface area (Å²) in [5.41, 5.74) is -0.383. The third-order valence-electron chi connectivity index (χ3n) is 3.00. The summed E-state index contributed by atoms with van der Waals surface area (Å²) in [5, 5.41) is 2.39. The Morgan fingerprint density at radius 3 is 2.25 bits per heavy atom. The van der Waals surface area contributed by atoms with Crippen molar-refractivity contribution in [3.05, 3.63) is 35.6 Å². The number of Topliss-reactive ketones (excluding diaryl/α,β-unsaturated/α-hetero) is 1. The largest absolute Gasteiger partial charge is 0.467 e. The van der Waals surface area contributed by atoms with Gasteiger partial charge in [0, 0.05) is 12.0 Å². The first kappa shape index (κ1) is 19.6. The lowest BCUT2D eigenvalue weighted by Crippen LogP contribution is -2.44. The number of rotatable bonds is 6. The Bertz CT molecular complexity index is 592. The zero-order chi connectivity index (χ0) is 18.3. The summed E-state index contributed by atoms with van der Waals surface area (Å²) in [7, 11) is 1.19. The van der Waals surface area contributed by atoms with Gasteiger partial charge in [0.05, 0.1) is 7.11 Å². The van der Waals surface area contributed by atoms with E-state index in [1.165, 1.54) is 31.4 Å². The van der Waals surface area contributed by atoms with Crippen molar-refractivity contribution in [1.82, 2.24) is 5.32 Å². The van der Waals surface area contributed by atoms with E-state index in [1.54, 1.807) is 20.8 Å². The molecule has 0 heterocycles. The zero-order valence-corrected chi connectivity index (χ0v) is 14.2. The molecule has 1 atom stereocenters. The van der Waals surface area contributed by atoms with E-state index in [-0.39, 0.29) is 18.6 Å². The quantitative estimate of drug-likeness (QED) is 0.636. The second-order valence-electron chi connectivity index (χ2n) is 6.19. The van der Waals surface area contributed by atoms with Gasteiger partial charge in [-0.05, 0) is 51.5 Å². The Hall–Kier alpha value is -2.44. The summed E-state index contributed by atoms with van der Waals surface area (Å²) >= 11 is 0. The van der Waals surface area contributed by atoms with Gasteiger partial charge < -0.3 is 14.8 Å². The van der Waals surface area contributed by atoms with Gasteiger partial charge in [-0.3, -0.25) is 4.79 Å². The second kappa shape index (κ2) is 8.42. The van der Waals surface area contributed by atoms with Gasteiger partial charge >= 0.3 is 12.1 Å². The van der Waals surface area contributed by atoms with E-state index in [4.69, 9.17) is 4.74 Å². The van der Waals surface area contributed by atoms with Gasteiger partial charge in [0.1, 0.15) is 17.5 Å². The highest BCUT2D eigenvalue weighted by Gasteiger charge is 2.25. The van der Waals surface area contributed by atoms with Gasteiger partial charge in [0.2, 0.25) is 0 Å². The molecule has 0 bridgehead atoms. The maximum Gasteiger partial charge on any atom is 0.408 e. The molecule has 0 radical (unpaired) electrons. The van der Waals surface area contributed by atoms with E-state index in [9.17, 15) is 18.8 Å². The molecule has 1 rings (SSSR count). The maximum atomic E-state index is 12.9. The fourth-order valence-corrected chi connectivity index (χ4v) is 1.90. The molecule has 0 aliphatic rings. The number of benzene rings is 1. The number of carbonyl (C=O) groups is 3. The molecule has 6 nitrogen and oxygen atoms in total. The van der Waals surface area contributed by atoms with Crippen LogP contribution in [0.4, 0.5) is 9.18 Å². The maximum absolute atomic E-state index is 12.9. The predicted molar refractivity (Wildman–Crippen MR) is 85.1 cm³/mol. The lowest BCUT2D eigenvalue weighted by Gasteiger charge is -2.22. The van der Waals surface area contributed by atoms with Crippen LogP contribution < -0.4 is 5.32 Å². The Balaban J connectivity index is 2.66. The Labute approximate surface area is 140 Å². The highest BCUT2D eigenvalue weighted by atomic mass is 19.1. The first-order valence-corrected chi connectivity index (χ1v) is 7.48. The highest BCUT2D eigenvalue weighted by molar-refractivity contribution is 5.96. The summed E-state index contributed by atoms with van der Waals surface area (Å²) in [6.07, 6.45) is -0.740. The van der Waals surface area contributed by atoms with Crippen LogP contribution in [-0.2, 0) is 14.3 Å². The Kier molecular flexibility index (Phi) is 6.88. The summed E-state index contributed by atoms with van der Waals surface area (Å²) in [6.45, 7) is 5.08. The van der Waals surface area contributed by atoms with Crippen LogP contribution in [0.5, 0.6) is 0 Å². The second-order valence-corrected chi connectivity index (χ2v) is 6.19. The monoisotopic (exact) mass is 339 g/mol. The molecule has 1 unspecified atom stereocenters. The number of hydrogen-bond acceptors (Lipinski definition) is 5. The molecule has 0 aliphatic heterocycles. The fourth-order valence-electron chi connectivity index (χ4n) is 1.90. The number of carbonyl (C=O) groups excluding carboxylic acids is 3. The summed E-state index contributed by atoms with van der Waals surface area (Å²) in [4.78, 5) is 35.6. The minimum absolute atomic E-state index is 0.0127. The number of nitrogens with one attached hydrogen (secondary N) is 1. The van der Waals surface area contributed by atoms with Crippen LogP contribution >= 0.6 is 0 Å². The molecule has 0 aliphatic carbocycles. The molecule has 0 aromatic heterocycles. The van der Waals surface area contributed by atoms with Crippen LogP contribution in [0.15, 0.2) is 24.3 Å². The van der Waals surface area contributed by atoms with Gasteiger partial charge in [0.15, 0.2) is 5.78 Å². The van der Waals surface area contributed by atoms with E-state index >= 15 is 0 Å². The molecule has 1 aromatic rings.